The number of benzene rings is 3. The fourth-order valence-corrected chi connectivity index (χ4v) is 3.11. The van der Waals surface area contributed by atoms with E-state index in [0.29, 0.717) is 25.2 Å². The maximum absolute atomic E-state index is 12.8. The van der Waals surface area contributed by atoms with E-state index in [9.17, 15) is 19.7 Å². The Labute approximate surface area is 196 Å². The Hall–Kier alpha value is -4.53. The second kappa shape index (κ2) is 12.5. The van der Waals surface area contributed by atoms with Gasteiger partial charge >= 0.3 is 0 Å². The average molecular weight is 460 g/mol. The average Bonchev–Trinajstić information content (AvgIpc) is 2.86. The van der Waals surface area contributed by atoms with Crippen LogP contribution in [0.15, 0.2) is 90.1 Å². The van der Waals surface area contributed by atoms with Crippen LogP contribution in [0.3, 0.4) is 0 Å². The fourth-order valence-electron chi connectivity index (χ4n) is 3.11. The Morgan fingerprint density at radius 3 is 2.18 bits per heavy atom. The Bertz CT molecular complexity index is 1120. The monoisotopic (exact) mass is 460 g/mol. The first kappa shape index (κ1) is 24.1. The number of carbonyl (C=O) groups is 2. The van der Waals surface area contributed by atoms with Crippen molar-refractivity contribution in [2.75, 3.05) is 18.5 Å². The molecule has 0 bridgehead atoms. The summed E-state index contributed by atoms with van der Waals surface area (Å²) >= 11 is 0. The third kappa shape index (κ3) is 7.86. The van der Waals surface area contributed by atoms with E-state index >= 15 is 0 Å². The second-order valence-electron chi connectivity index (χ2n) is 7.34. The molecule has 174 valence electrons. The van der Waals surface area contributed by atoms with Crippen molar-refractivity contribution < 1.29 is 19.3 Å². The number of amides is 2. The number of rotatable bonds is 11. The van der Waals surface area contributed by atoms with E-state index in [2.05, 4.69) is 10.5 Å². The lowest BCUT2D eigenvalue weighted by atomic mass is 10.1. The van der Waals surface area contributed by atoms with Crippen molar-refractivity contribution in [3.05, 3.63) is 106 Å². The highest BCUT2D eigenvalue weighted by atomic mass is 16.6. The summed E-state index contributed by atoms with van der Waals surface area (Å²) in [6.45, 7) is 0.620. The summed E-state index contributed by atoms with van der Waals surface area (Å²) < 4.78 is 0. The van der Waals surface area contributed by atoms with Crippen LogP contribution in [-0.4, -0.2) is 41.0 Å². The first-order chi connectivity index (χ1) is 16.5. The Balaban J connectivity index is 1.51. The van der Waals surface area contributed by atoms with Crippen LogP contribution >= 0.6 is 0 Å². The smallest absolute Gasteiger partial charge is 0.270 e. The van der Waals surface area contributed by atoms with Crippen LogP contribution < -0.4 is 5.32 Å². The van der Waals surface area contributed by atoms with Gasteiger partial charge in [0.15, 0.2) is 6.61 Å². The van der Waals surface area contributed by atoms with Crippen LogP contribution in [0.5, 0.6) is 0 Å². The molecule has 3 aromatic rings. The number of hydrogen-bond acceptors (Lipinski definition) is 6. The van der Waals surface area contributed by atoms with E-state index in [1.807, 2.05) is 60.7 Å². The molecule has 0 aliphatic carbocycles. The number of nitro benzene ring substituents is 1. The molecular weight excluding hydrogens is 436 g/mol. The van der Waals surface area contributed by atoms with Gasteiger partial charge in [-0.15, -0.1) is 0 Å². The van der Waals surface area contributed by atoms with Gasteiger partial charge in [0, 0.05) is 30.9 Å². The van der Waals surface area contributed by atoms with Gasteiger partial charge in [-0.25, -0.2) is 0 Å². The van der Waals surface area contributed by atoms with Crippen LogP contribution in [0.25, 0.3) is 0 Å². The van der Waals surface area contributed by atoms with Crippen molar-refractivity contribution >= 4 is 29.4 Å². The molecule has 2 amide bonds. The van der Waals surface area contributed by atoms with Gasteiger partial charge < -0.3 is 15.1 Å². The highest BCUT2D eigenvalue weighted by Gasteiger charge is 2.15. The molecule has 0 saturated carbocycles. The van der Waals surface area contributed by atoms with Gasteiger partial charge in [-0.3, -0.25) is 19.7 Å². The van der Waals surface area contributed by atoms with Crippen LogP contribution in [0, 0.1) is 10.1 Å². The number of oxime groups is 1. The molecule has 0 aliphatic rings. The molecule has 3 aromatic carbocycles. The van der Waals surface area contributed by atoms with Gasteiger partial charge in [0.1, 0.15) is 6.21 Å². The van der Waals surface area contributed by atoms with Crippen LogP contribution in [-0.2, 0) is 27.4 Å². The second-order valence-corrected chi connectivity index (χ2v) is 7.34. The normalized spacial score (nSPS) is 10.6. The zero-order chi connectivity index (χ0) is 24.2. The molecule has 0 saturated heterocycles. The lowest BCUT2D eigenvalue weighted by molar-refractivity contribution is -0.384. The first-order valence-electron chi connectivity index (χ1n) is 10.6. The van der Waals surface area contributed by atoms with Crippen molar-refractivity contribution in [1.29, 1.82) is 0 Å². The lowest BCUT2D eigenvalue weighted by Gasteiger charge is -2.22. The Kier molecular flexibility index (Phi) is 8.86. The van der Waals surface area contributed by atoms with E-state index < -0.39 is 10.8 Å². The standard InChI is InChI=1S/C25H24N4O5/c30-24(27-22-11-13-23(14-12-22)29(32)33)17-26-34-19-25(31)28(18-21-9-5-2-6-10-21)16-15-20-7-3-1-4-8-20/h1-14,17H,15-16,18-19H2,(H,27,30). The third-order valence-electron chi connectivity index (χ3n) is 4.86. The van der Waals surface area contributed by atoms with E-state index in [4.69, 9.17) is 4.84 Å². The summed E-state index contributed by atoms with van der Waals surface area (Å²) in [5.74, 6) is -0.848. The van der Waals surface area contributed by atoms with Gasteiger partial charge in [-0.2, -0.15) is 0 Å². The third-order valence-corrected chi connectivity index (χ3v) is 4.86. The van der Waals surface area contributed by atoms with Crippen molar-refractivity contribution in [2.45, 2.75) is 13.0 Å². The van der Waals surface area contributed by atoms with Gasteiger partial charge in [0.25, 0.3) is 17.5 Å². The molecule has 0 radical (unpaired) electrons. The maximum Gasteiger partial charge on any atom is 0.270 e. The topological polar surface area (TPSA) is 114 Å². The first-order valence-corrected chi connectivity index (χ1v) is 10.6. The molecule has 0 heterocycles. The summed E-state index contributed by atoms with van der Waals surface area (Å²) in [7, 11) is 0. The molecule has 0 atom stereocenters. The molecule has 0 aromatic heterocycles. The zero-order valence-corrected chi connectivity index (χ0v) is 18.4. The minimum Gasteiger partial charge on any atom is -0.386 e. The number of carbonyl (C=O) groups excluding carboxylic acids is 2. The summed E-state index contributed by atoms with van der Waals surface area (Å²) in [5, 5.41) is 16.7. The largest absolute Gasteiger partial charge is 0.386 e. The molecule has 1 N–H and O–H groups in total. The molecule has 3 rings (SSSR count). The highest BCUT2D eigenvalue weighted by Crippen LogP contribution is 2.15. The lowest BCUT2D eigenvalue weighted by Crippen LogP contribution is -2.35. The molecular formula is C25H24N4O5. The zero-order valence-electron chi connectivity index (χ0n) is 18.4. The number of non-ortho nitro benzene ring substituents is 1. The molecule has 0 aliphatic heterocycles. The molecule has 0 unspecified atom stereocenters. The quantitative estimate of drug-likeness (QED) is 0.266. The van der Waals surface area contributed by atoms with E-state index in [1.54, 1.807) is 4.90 Å². The minimum absolute atomic E-state index is 0.0826. The van der Waals surface area contributed by atoms with Crippen molar-refractivity contribution in [3.63, 3.8) is 0 Å². The Morgan fingerprint density at radius 1 is 0.941 bits per heavy atom. The number of anilines is 1. The number of nitrogens with zero attached hydrogens (tertiary/aromatic N) is 3. The molecule has 9 nitrogen and oxygen atoms in total. The summed E-state index contributed by atoms with van der Waals surface area (Å²) in [4.78, 5) is 41.6. The van der Waals surface area contributed by atoms with Crippen LogP contribution in [0.4, 0.5) is 11.4 Å². The van der Waals surface area contributed by atoms with E-state index in [-0.39, 0.29) is 18.2 Å². The Morgan fingerprint density at radius 2 is 1.56 bits per heavy atom. The van der Waals surface area contributed by atoms with E-state index in [0.717, 1.165) is 17.3 Å². The van der Waals surface area contributed by atoms with Crippen LogP contribution in [0.2, 0.25) is 0 Å². The highest BCUT2D eigenvalue weighted by molar-refractivity contribution is 6.31. The molecule has 34 heavy (non-hydrogen) atoms. The predicted molar refractivity (Wildman–Crippen MR) is 128 cm³/mol. The molecule has 0 fully saturated rings. The fraction of sp³-hybridized carbons (Fsp3) is 0.160. The summed E-state index contributed by atoms with van der Waals surface area (Å²) in [6.07, 6.45) is 1.60. The number of nitrogens with one attached hydrogen (secondary N) is 1. The molecule has 9 heteroatoms. The van der Waals surface area contributed by atoms with Crippen molar-refractivity contribution in [3.8, 4) is 0 Å². The van der Waals surface area contributed by atoms with Gasteiger partial charge in [-0.05, 0) is 29.7 Å². The summed E-state index contributed by atoms with van der Waals surface area (Å²) in [6, 6.07) is 24.9. The van der Waals surface area contributed by atoms with Gasteiger partial charge in [-0.1, -0.05) is 65.8 Å². The number of hydrogen-bond donors (Lipinski definition) is 1. The maximum atomic E-state index is 12.8. The van der Waals surface area contributed by atoms with Crippen molar-refractivity contribution in [1.82, 2.24) is 4.90 Å². The van der Waals surface area contributed by atoms with Crippen molar-refractivity contribution in [2.24, 2.45) is 5.16 Å². The summed E-state index contributed by atoms with van der Waals surface area (Å²) in [5.41, 5.74) is 2.40. The van der Waals surface area contributed by atoms with Gasteiger partial charge in [0.2, 0.25) is 0 Å². The van der Waals surface area contributed by atoms with Crippen LogP contribution in [0.1, 0.15) is 11.1 Å². The molecule has 0 spiro atoms. The predicted octanol–water partition coefficient (Wildman–Crippen LogP) is 3.81. The number of nitro groups is 1. The van der Waals surface area contributed by atoms with E-state index in [1.165, 1.54) is 24.3 Å². The SMILES string of the molecule is O=C(C=NOCC(=O)N(CCc1ccccc1)Cc1ccccc1)Nc1ccc([N+](=O)[O-])cc1. The minimum atomic E-state index is -0.591. The van der Waals surface area contributed by atoms with Gasteiger partial charge in [0.05, 0.1) is 4.92 Å².